The number of hydrogen-bond donors (Lipinski definition) is 1. The lowest BCUT2D eigenvalue weighted by atomic mass is 10.1. The molecule has 0 radical (unpaired) electrons. The van der Waals surface area contributed by atoms with Gasteiger partial charge < -0.3 is 5.11 Å². The van der Waals surface area contributed by atoms with Gasteiger partial charge in [0, 0.05) is 0 Å². The summed E-state index contributed by atoms with van der Waals surface area (Å²) in [4.78, 5) is 0. The minimum atomic E-state index is 0.146. The van der Waals surface area contributed by atoms with Gasteiger partial charge in [0.05, 0.1) is 6.61 Å². The average molecular weight is 132 g/mol. The van der Waals surface area contributed by atoms with Crippen molar-refractivity contribution in [1.29, 1.82) is 0 Å². The van der Waals surface area contributed by atoms with Gasteiger partial charge in [-0.25, -0.2) is 0 Å². The van der Waals surface area contributed by atoms with E-state index in [1.54, 1.807) is 0 Å². The Bertz CT molecular complexity index is 269. The summed E-state index contributed by atoms with van der Waals surface area (Å²) in [5.74, 6) is 0. The third-order valence-corrected chi connectivity index (χ3v) is 1.72. The molecule has 2 rings (SSSR count). The second-order valence-electron chi connectivity index (χ2n) is 2.41. The molecule has 0 aromatic rings. The molecule has 0 amide bonds. The fourth-order valence-corrected chi connectivity index (χ4v) is 1.10. The van der Waals surface area contributed by atoms with Crippen molar-refractivity contribution in [3.63, 3.8) is 0 Å². The van der Waals surface area contributed by atoms with Crippen LogP contribution >= 0.6 is 0 Å². The Morgan fingerprint density at radius 2 is 2.00 bits per heavy atom. The summed E-state index contributed by atoms with van der Waals surface area (Å²) in [6, 6.07) is 0. The first kappa shape index (κ1) is 5.69. The van der Waals surface area contributed by atoms with Crippen molar-refractivity contribution >= 4 is 0 Å². The first-order valence-corrected chi connectivity index (χ1v) is 3.32. The van der Waals surface area contributed by atoms with E-state index in [2.05, 4.69) is 12.2 Å². The number of allylic oxidation sites excluding steroid dienone is 6. The molecule has 1 nitrogen and oxygen atoms in total. The SMILES string of the molecule is OCC1=CC=CC1=C1C=C1. The van der Waals surface area contributed by atoms with E-state index in [-0.39, 0.29) is 6.61 Å². The van der Waals surface area contributed by atoms with Crippen LogP contribution in [0.4, 0.5) is 0 Å². The van der Waals surface area contributed by atoms with Crippen molar-refractivity contribution in [2.75, 3.05) is 6.61 Å². The molecule has 10 heavy (non-hydrogen) atoms. The second kappa shape index (κ2) is 1.96. The van der Waals surface area contributed by atoms with E-state index in [4.69, 9.17) is 5.11 Å². The molecule has 0 aliphatic heterocycles. The number of aliphatic hydroxyl groups is 1. The van der Waals surface area contributed by atoms with Gasteiger partial charge in [-0.3, -0.25) is 0 Å². The van der Waals surface area contributed by atoms with E-state index in [9.17, 15) is 0 Å². The van der Waals surface area contributed by atoms with E-state index in [1.807, 2.05) is 18.2 Å². The molecule has 0 spiro atoms. The van der Waals surface area contributed by atoms with Crippen molar-refractivity contribution in [3.8, 4) is 0 Å². The largest absolute Gasteiger partial charge is 0.392 e. The minimum absolute atomic E-state index is 0.146. The summed E-state index contributed by atoms with van der Waals surface area (Å²) in [7, 11) is 0. The predicted molar refractivity (Wildman–Crippen MR) is 40.5 cm³/mol. The molecular weight excluding hydrogens is 124 g/mol. The smallest absolute Gasteiger partial charge is 0.0687 e. The molecule has 0 aromatic heterocycles. The van der Waals surface area contributed by atoms with Crippen LogP contribution in [0.25, 0.3) is 0 Å². The highest BCUT2D eigenvalue weighted by atomic mass is 16.3. The summed E-state index contributed by atoms with van der Waals surface area (Å²) < 4.78 is 0. The van der Waals surface area contributed by atoms with Crippen LogP contribution in [0.15, 0.2) is 47.1 Å². The summed E-state index contributed by atoms with van der Waals surface area (Å²) in [6.07, 6.45) is 10.0. The standard InChI is InChI=1S/C9H8O/c10-6-8-2-1-3-9(8)7-4-5-7/h1-5,10H,6H2. The molecule has 2 aliphatic carbocycles. The van der Waals surface area contributed by atoms with Crippen LogP contribution in [0.5, 0.6) is 0 Å². The lowest BCUT2D eigenvalue weighted by molar-refractivity contribution is 0.334. The maximum Gasteiger partial charge on any atom is 0.0687 e. The van der Waals surface area contributed by atoms with Crippen LogP contribution < -0.4 is 0 Å². The molecule has 2 aliphatic rings. The molecule has 0 saturated heterocycles. The Labute approximate surface area is 59.7 Å². The Morgan fingerprint density at radius 3 is 2.60 bits per heavy atom. The van der Waals surface area contributed by atoms with Gasteiger partial charge in [0.15, 0.2) is 0 Å². The third kappa shape index (κ3) is 0.755. The molecule has 1 heteroatoms. The van der Waals surface area contributed by atoms with Crippen LogP contribution in [0, 0.1) is 0 Å². The van der Waals surface area contributed by atoms with Crippen molar-refractivity contribution < 1.29 is 5.11 Å². The summed E-state index contributed by atoms with van der Waals surface area (Å²) in [5.41, 5.74) is 3.47. The normalized spacial score (nSPS) is 20.3. The van der Waals surface area contributed by atoms with Gasteiger partial charge in [0.2, 0.25) is 0 Å². The zero-order valence-corrected chi connectivity index (χ0v) is 5.54. The van der Waals surface area contributed by atoms with E-state index < -0.39 is 0 Å². The van der Waals surface area contributed by atoms with Gasteiger partial charge in [-0.1, -0.05) is 30.4 Å². The molecule has 1 N–H and O–H groups in total. The van der Waals surface area contributed by atoms with Crippen molar-refractivity contribution in [2.45, 2.75) is 0 Å². The van der Waals surface area contributed by atoms with Crippen molar-refractivity contribution in [3.05, 3.63) is 47.1 Å². The number of rotatable bonds is 1. The van der Waals surface area contributed by atoms with Crippen LogP contribution in [0.2, 0.25) is 0 Å². The summed E-state index contributed by atoms with van der Waals surface area (Å²) in [5, 5.41) is 8.84. The topological polar surface area (TPSA) is 20.2 Å². The van der Waals surface area contributed by atoms with Gasteiger partial charge in [0.25, 0.3) is 0 Å². The zero-order valence-electron chi connectivity index (χ0n) is 5.54. The molecule has 0 fully saturated rings. The van der Waals surface area contributed by atoms with Crippen LogP contribution in [-0.4, -0.2) is 11.7 Å². The van der Waals surface area contributed by atoms with Crippen molar-refractivity contribution in [1.82, 2.24) is 0 Å². The highest BCUT2D eigenvalue weighted by Gasteiger charge is 2.12. The van der Waals surface area contributed by atoms with Gasteiger partial charge in [-0.05, 0) is 16.7 Å². The molecule has 0 bridgehead atoms. The Morgan fingerprint density at radius 1 is 1.20 bits per heavy atom. The van der Waals surface area contributed by atoms with Crippen LogP contribution in [0.3, 0.4) is 0 Å². The van der Waals surface area contributed by atoms with Crippen LogP contribution in [-0.2, 0) is 0 Å². The molecule has 0 saturated carbocycles. The molecule has 0 atom stereocenters. The molecule has 0 aromatic carbocycles. The maximum atomic E-state index is 8.84. The number of hydrogen-bond acceptors (Lipinski definition) is 1. The second-order valence-corrected chi connectivity index (χ2v) is 2.41. The Hall–Kier alpha value is -1.08. The lowest BCUT2D eigenvalue weighted by Gasteiger charge is -1.97. The third-order valence-electron chi connectivity index (χ3n) is 1.72. The zero-order chi connectivity index (χ0) is 6.97. The average Bonchev–Trinajstić information content (AvgIpc) is 2.69. The van der Waals surface area contributed by atoms with Gasteiger partial charge in [0.1, 0.15) is 0 Å². The first-order valence-electron chi connectivity index (χ1n) is 3.32. The fraction of sp³-hybridized carbons (Fsp3) is 0.111. The Balaban J connectivity index is 2.32. The van der Waals surface area contributed by atoms with E-state index >= 15 is 0 Å². The predicted octanol–water partition coefficient (Wildman–Crippen LogP) is 1.34. The molecule has 0 heterocycles. The maximum absolute atomic E-state index is 8.84. The summed E-state index contributed by atoms with van der Waals surface area (Å²) >= 11 is 0. The Kier molecular flexibility index (Phi) is 1.11. The minimum Gasteiger partial charge on any atom is -0.392 e. The van der Waals surface area contributed by atoms with Crippen molar-refractivity contribution in [2.24, 2.45) is 0 Å². The van der Waals surface area contributed by atoms with Gasteiger partial charge in [-0.2, -0.15) is 0 Å². The lowest BCUT2D eigenvalue weighted by Crippen LogP contribution is -1.89. The highest BCUT2D eigenvalue weighted by molar-refractivity contribution is 5.63. The fourth-order valence-electron chi connectivity index (χ4n) is 1.10. The van der Waals surface area contributed by atoms with E-state index in [0.29, 0.717) is 0 Å². The van der Waals surface area contributed by atoms with E-state index in [1.165, 1.54) is 11.1 Å². The molecular formula is C9H8O. The molecule has 0 unspecified atom stereocenters. The van der Waals surface area contributed by atoms with E-state index in [0.717, 1.165) is 5.57 Å². The first-order chi connectivity index (χ1) is 4.92. The molecule has 50 valence electrons. The van der Waals surface area contributed by atoms with Gasteiger partial charge >= 0.3 is 0 Å². The highest BCUT2D eigenvalue weighted by Crippen LogP contribution is 2.28. The number of aliphatic hydroxyl groups excluding tert-OH is 1. The quantitative estimate of drug-likeness (QED) is 0.570. The van der Waals surface area contributed by atoms with Gasteiger partial charge in [-0.15, -0.1) is 0 Å². The van der Waals surface area contributed by atoms with Crippen LogP contribution in [0.1, 0.15) is 0 Å². The monoisotopic (exact) mass is 132 g/mol. The summed E-state index contributed by atoms with van der Waals surface area (Å²) in [6.45, 7) is 0.146.